The van der Waals surface area contributed by atoms with E-state index in [2.05, 4.69) is 0 Å². The Morgan fingerprint density at radius 1 is 1.55 bits per heavy atom. The molecule has 1 aromatic rings. The van der Waals surface area contributed by atoms with E-state index in [4.69, 9.17) is 9.84 Å². The van der Waals surface area contributed by atoms with Crippen LogP contribution in [-0.4, -0.2) is 11.4 Å². The van der Waals surface area contributed by atoms with E-state index in [1.807, 2.05) is 23.8 Å². The fourth-order valence-electron chi connectivity index (χ4n) is 0.880. The summed E-state index contributed by atoms with van der Waals surface area (Å²) in [5, 5.41) is 12.9. The normalized spacial score (nSPS) is 16.3. The van der Waals surface area contributed by atoms with Gasteiger partial charge in [-0.15, -0.1) is 0 Å². The maximum atomic E-state index is 8.90. The maximum Gasteiger partial charge on any atom is 0.152 e. The first-order valence-corrected chi connectivity index (χ1v) is 4.50. The van der Waals surface area contributed by atoms with Gasteiger partial charge in [-0.3, -0.25) is 0 Å². The smallest absolute Gasteiger partial charge is 0.152 e. The molecule has 0 radical (unpaired) electrons. The SMILES string of the molecule is CC(O)OC(C)c1ccsc1. The molecule has 62 valence electrons. The van der Waals surface area contributed by atoms with Crippen molar-refractivity contribution in [2.75, 3.05) is 0 Å². The maximum absolute atomic E-state index is 8.90. The topological polar surface area (TPSA) is 29.5 Å². The van der Waals surface area contributed by atoms with Crippen LogP contribution < -0.4 is 0 Å². The third-order valence-corrected chi connectivity index (χ3v) is 2.12. The Morgan fingerprint density at radius 2 is 2.27 bits per heavy atom. The van der Waals surface area contributed by atoms with Crippen molar-refractivity contribution in [2.45, 2.75) is 26.2 Å². The highest BCUT2D eigenvalue weighted by atomic mass is 32.1. The van der Waals surface area contributed by atoms with Crippen molar-refractivity contribution in [3.05, 3.63) is 22.4 Å². The molecule has 1 heterocycles. The number of hydrogen-bond acceptors (Lipinski definition) is 3. The van der Waals surface area contributed by atoms with E-state index in [0.29, 0.717) is 0 Å². The summed E-state index contributed by atoms with van der Waals surface area (Å²) in [5.74, 6) is 0. The van der Waals surface area contributed by atoms with E-state index < -0.39 is 6.29 Å². The standard InChI is InChI=1S/C8H12O2S/c1-6(10-7(2)9)8-3-4-11-5-8/h3-7,9H,1-2H3. The van der Waals surface area contributed by atoms with Crippen molar-refractivity contribution in [2.24, 2.45) is 0 Å². The molecule has 0 aliphatic rings. The molecule has 0 bridgehead atoms. The zero-order valence-electron chi connectivity index (χ0n) is 6.65. The summed E-state index contributed by atoms with van der Waals surface area (Å²) >= 11 is 1.63. The molecule has 0 aliphatic carbocycles. The second-order valence-corrected chi connectivity index (χ2v) is 3.21. The van der Waals surface area contributed by atoms with Crippen LogP contribution in [0.25, 0.3) is 0 Å². The molecule has 1 aromatic heterocycles. The Balaban J connectivity index is 2.49. The molecular formula is C8H12O2S. The van der Waals surface area contributed by atoms with Gasteiger partial charge in [-0.1, -0.05) is 0 Å². The summed E-state index contributed by atoms with van der Waals surface area (Å²) < 4.78 is 5.16. The first-order chi connectivity index (χ1) is 5.20. The largest absolute Gasteiger partial charge is 0.368 e. The van der Waals surface area contributed by atoms with E-state index in [1.54, 1.807) is 18.3 Å². The predicted octanol–water partition coefficient (Wildman–Crippen LogP) is 2.16. The van der Waals surface area contributed by atoms with Gasteiger partial charge in [0.1, 0.15) is 0 Å². The minimum atomic E-state index is -0.690. The zero-order chi connectivity index (χ0) is 8.27. The van der Waals surface area contributed by atoms with Crippen LogP contribution in [-0.2, 0) is 4.74 Å². The number of thiophene rings is 1. The van der Waals surface area contributed by atoms with Gasteiger partial charge in [-0.25, -0.2) is 0 Å². The third-order valence-electron chi connectivity index (χ3n) is 1.41. The average Bonchev–Trinajstić information content (AvgIpc) is 2.35. The van der Waals surface area contributed by atoms with Crippen molar-refractivity contribution in [3.8, 4) is 0 Å². The van der Waals surface area contributed by atoms with E-state index in [0.717, 1.165) is 5.56 Å². The molecule has 2 atom stereocenters. The Labute approximate surface area is 70.4 Å². The molecule has 2 unspecified atom stereocenters. The quantitative estimate of drug-likeness (QED) is 0.708. The predicted molar refractivity (Wildman–Crippen MR) is 45.5 cm³/mol. The van der Waals surface area contributed by atoms with Crippen LogP contribution in [0.1, 0.15) is 25.5 Å². The Kier molecular flexibility index (Phi) is 3.05. The molecule has 0 saturated heterocycles. The second-order valence-electron chi connectivity index (χ2n) is 2.43. The van der Waals surface area contributed by atoms with Crippen molar-refractivity contribution < 1.29 is 9.84 Å². The van der Waals surface area contributed by atoms with Crippen molar-refractivity contribution in [1.82, 2.24) is 0 Å². The summed E-state index contributed by atoms with van der Waals surface area (Å²) in [6.45, 7) is 3.54. The lowest BCUT2D eigenvalue weighted by Gasteiger charge is -2.13. The first-order valence-electron chi connectivity index (χ1n) is 3.56. The monoisotopic (exact) mass is 172 g/mol. The highest BCUT2D eigenvalue weighted by Crippen LogP contribution is 2.19. The summed E-state index contributed by atoms with van der Waals surface area (Å²) in [6.07, 6.45) is -0.703. The molecule has 11 heavy (non-hydrogen) atoms. The van der Waals surface area contributed by atoms with Gasteiger partial charge in [0.25, 0.3) is 0 Å². The minimum Gasteiger partial charge on any atom is -0.368 e. The number of rotatable bonds is 3. The fourth-order valence-corrected chi connectivity index (χ4v) is 1.62. The van der Waals surface area contributed by atoms with Crippen LogP contribution in [0.15, 0.2) is 16.8 Å². The Morgan fingerprint density at radius 3 is 2.73 bits per heavy atom. The second kappa shape index (κ2) is 3.85. The highest BCUT2D eigenvalue weighted by Gasteiger charge is 2.07. The summed E-state index contributed by atoms with van der Waals surface area (Å²) in [4.78, 5) is 0. The van der Waals surface area contributed by atoms with Crippen LogP contribution in [0.3, 0.4) is 0 Å². The van der Waals surface area contributed by atoms with Crippen LogP contribution in [0.4, 0.5) is 0 Å². The molecular weight excluding hydrogens is 160 g/mol. The molecule has 0 aromatic carbocycles. The zero-order valence-corrected chi connectivity index (χ0v) is 7.47. The van der Waals surface area contributed by atoms with Crippen molar-refractivity contribution >= 4 is 11.3 Å². The van der Waals surface area contributed by atoms with Gasteiger partial charge in [0.2, 0.25) is 0 Å². The van der Waals surface area contributed by atoms with Crippen LogP contribution in [0.5, 0.6) is 0 Å². The van der Waals surface area contributed by atoms with Gasteiger partial charge in [0.15, 0.2) is 6.29 Å². The summed E-state index contributed by atoms with van der Waals surface area (Å²) in [7, 11) is 0. The number of ether oxygens (including phenoxy) is 1. The van der Waals surface area contributed by atoms with Gasteiger partial charge in [-0.05, 0) is 36.2 Å². The van der Waals surface area contributed by atoms with Gasteiger partial charge < -0.3 is 9.84 Å². The molecule has 0 spiro atoms. The fraction of sp³-hybridized carbons (Fsp3) is 0.500. The van der Waals surface area contributed by atoms with E-state index in [-0.39, 0.29) is 6.10 Å². The number of aliphatic hydroxyl groups excluding tert-OH is 1. The number of aliphatic hydroxyl groups is 1. The number of hydrogen-bond donors (Lipinski definition) is 1. The minimum absolute atomic E-state index is 0.0127. The van der Waals surface area contributed by atoms with Gasteiger partial charge in [0.05, 0.1) is 6.10 Å². The third kappa shape index (κ3) is 2.61. The Hall–Kier alpha value is -0.380. The molecule has 0 saturated carbocycles. The van der Waals surface area contributed by atoms with Crippen molar-refractivity contribution in [1.29, 1.82) is 0 Å². The Bertz CT molecular complexity index is 194. The molecule has 0 amide bonds. The lowest BCUT2D eigenvalue weighted by Crippen LogP contribution is -2.09. The lowest BCUT2D eigenvalue weighted by molar-refractivity contribution is -0.119. The van der Waals surface area contributed by atoms with E-state index in [9.17, 15) is 0 Å². The lowest BCUT2D eigenvalue weighted by atomic mass is 10.2. The molecule has 1 rings (SSSR count). The van der Waals surface area contributed by atoms with E-state index in [1.165, 1.54) is 0 Å². The molecule has 3 heteroatoms. The highest BCUT2D eigenvalue weighted by molar-refractivity contribution is 7.07. The average molecular weight is 172 g/mol. The van der Waals surface area contributed by atoms with Crippen molar-refractivity contribution in [3.63, 3.8) is 0 Å². The molecule has 2 nitrogen and oxygen atoms in total. The van der Waals surface area contributed by atoms with Gasteiger partial charge in [-0.2, -0.15) is 11.3 Å². The van der Waals surface area contributed by atoms with E-state index >= 15 is 0 Å². The van der Waals surface area contributed by atoms with Gasteiger partial charge in [0, 0.05) is 0 Å². The van der Waals surface area contributed by atoms with Crippen LogP contribution in [0, 0.1) is 0 Å². The first kappa shape index (κ1) is 8.71. The van der Waals surface area contributed by atoms with Crippen LogP contribution >= 0.6 is 11.3 Å². The molecule has 0 aliphatic heterocycles. The molecule has 1 N–H and O–H groups in total. The summed E-state index contributed by atoms with van der Waals surface area (Å²) in [5.41, 5.74) is 1.12. The summed E-state index contributed by atoms with van der Waals surface area (Å²) in [6, 6.07) is 2.00. The van der Waals surface area contributed by atoms with Gasteiger partial charge >= 0.3 is 0 Å². The van der Waals surface area contributed by atoms with Crippen LogP contribution in [0.2, 0.25) is 0 Å². The molecule has 0 fully saturated rings.